The number of hydrogen-bond acceptors (Lipinski definition) is 9. The predicted molar refractivity (Wildman–Crippen MR) is 127 cm³/mol. The molecule has 0 radical (unpaired) electrons. The van der Waals surface area contributed by atoms with Crippen molar-refractivity contribution in [2.75, 3.05) is 5.32 Å². The molecule has 3 rings (SSSR count). The highest BCUT2D eigenvalue weighted by Gasteiger charge is 2.22. The number of non-ortho nitro benzene ring substituents is 2. The maximum Gasteiger partial charge on any atom is 0.318 e. The number of benzene rings is 3. The van der Waals surface area contributed by atoms with Crippen molar-refractivity contribution in [3.63, 3.8) is 0 Å². The minimum Gasteiger partial charge on any atom is -0.449 e. The molecule has 36 heavy (non-hydrogen) atoms. The number of hydrogen-bond donors (Lipinski definition) is 1. The molecule has 0 unspecified atom stereocenters. The molecule has 0 saturated carbocycles. The summed E-state index contributed by atoms with van der Waals surface area (Å²) in [5.41, 5.74) is -1.76. The Hall–Kier alpha value is -5.35. The van der Waals surface area contributed by atoms with Gasteiger partial charge < -0.3 is 10.1 Å². The molecule has 0 spiro atoms. The van der Waals surface area contributed by atoms with Gasteiger partial charge in [0.05, 0.1) is 20.8 Å². The number of anilines is 1. The van der Waals surface area contributed by atoms with Crippen LogP contribution in [-0.2, 0) is 4.79 Å². The van der Waals surface area contributed by atoms with Crippen LogP contribution >= 0.6 is 11.6 Å². The van der Waals surface area contributed by atoms with Gasteiger partial charge in [-0.2, -0.15) is 5.26 Å². The third-order valence-corrected chi connectivity index (χ3v) is 4.76. The van der Waals surface area contributed by atoms with Crippen molar-refractivity contribution in [3.05, 3.63) is 107 Å². The third kappa shape index (κ3) is 5.95. The molecular formula is C22H12ClN5O8. The number of carbonyl (C=O) groups is 1. The molecule has 0 aliphatic rings. The van der Waals surface area contributed by atoms with Crippen molar-refractivity contribution < 1.29 is 24.3 Å². The standard InChI is InChI=1S/C22H12ClN5O8/c23-15-4-6-20(36-21-7-5-18(27(32)33)11-19(21)28(34)35)13(9-15)8-14(12-24)22(29)25-16-2-1-3-17(10-16)26(30)31/h1-11H,(H,25,29)/b14-8+. The van der Waals surface area contributed by atoms with Gasteiger partial charge in [-0.3, -0.25) is 35.1 Å². The highest BCUT2D eigenvalue weighted by atomic mass is 35.5. The van der Waals surface area contributed by atoms with Gasteiger partial charge in [-0.15, -0.1) is 0 Å². The fraction of sp³-hybridized carbons (Fsp3) is 0. The van der Waals surface area contributed by atoms with Gasteiger partial charge in [0.15, 0.2) is 0 Å². The fourth-order valence-electron chi connectivity index (χ4n) is 2.89. The quantitative estimate of drug-likeness (QED) is 0.179. The lowest BCUT2D eigenvalue weighted by Gasteiger charge is -2.10. The molecule has 14 heteroatoms. The van der Waals surface area contributed by atoms with E-state index in [1.165, 1.54) is 36.4 Å². The maximum absolute atomic E-state index is 12.6. The molecule has 0 aliphatic heterocycles. The smallest absolute Gasteiger partial charge is 0.318 e. The van der Waals surface area contributed by atoms with Crippen molar-refractivity contribution >= 4 is 46.3 Å². The maximum atomic E-state index is 12.6. The number of ether oxygens (including phenoxy) is 1. The van der Waals surface area contributed by atoms with E-state index in [1.807, 2.05) is 0 Å². The normalized spacial score (nSPS) is 10.7. The number of nitriles is 1. The Morgan fingerprint density at radius 1 is 0.917 bits per heavy atom. The molecule has 3 aromatic rings. The Balaban J connectivity index is 1.97. The van der Waals surface area contributed by atoms with E-state index in [9.17, 15) is 40.4 Å². The first-order chi connectivity index (χ1) is 17.1. The summed E-state index contributed by atoms with van der Waals surface area (Å²) in [7, 11) is 0. The second kappa shape index (κ2) is 10.7. The Bertz CT molecular complexity index is 1480. The second-order valence-corrected chi connectivity index (χ2v) is 7.32. The van der Waals surface area contributed by atoms with E-state index in [4.69, 9.17) is 16.3 Å². The average molecular weight is 510 g/mol. The van der Waals surface area contributed by atoms with Gasteiger partial charge in [0.25, 0.3) is 17.3 Å². The van der Waals surface area contributed by atoms with Gasteiger partial charge in [0, 0.05) is 34.5 Å². The summed E-state index contributed by atoms with van der Waals surface area (Å²) < 4.78 is 5.59. The van der Waals surface area contributed by atoms with Crippen molar-refractivity contribution in [3.8, 4) is 17.6 Å². The van der Waals surface area contributed by atoms with Crippen molar-refractivity contribution in [1.29, 1.82) is 5.26 Å². The summed E-state index contributed by atoms with van der Waals surface area (Å²) in [6.45, 7) is 0. The van der Waals surface area contributed by atoms with Crippen molar-refractivity contribution in [1.82, 2.24) is 0 Å². The molecule has 180 valence electrons. The van der Waals surface area contributed by atoms with Crippen molar-refractivity contribution in [2.45, 2.75) is 0 Å². The lowest BCUT2D eigenvalue weighted by molar-refractivity contribution is -0.394. The number of carbonyl (C=O) groups excluding carboxylic acids is 1. The Morgan fingerprint density at radius 2 is 1.58 bits per heavy atom. The zero-order valence-electron chi connectivity index (χ0n) is 17.8. The highest BCUT2D eigenvalue weighted by Crippen LogP contribution is 2.37. The zero-order chi connectivity index (χ0) is 26.4. The average Bonchev–Trinajstić information content (AvgIpc) is 2.83. The van der Waals surface area contributed by atoms with E-state index in [0.717, 1.165) is 30.3 Å². The summed E-state index contributed by atoms with van der Waals surface area (Å²) in [5.74, 6) is -1.28. The Kier molecular flexibility index (Phi) is 7.53. The fourth-order valence-corrected chi connectivity index (χ4v) is 3.07. The largest absolute Gasteiger partial charge is 0.449 e. The van der Waals surface area contributed by atoms with E-state index < -0.39 is 37.6 Å². The molecule has 0 atom stereocenters. The van der Waals surface area contributed by atoms with Crippen LogP contribution in [0.2, 0.25) is 5.02 Å². The highest BCUT2D eigenvalue weighted by molar-refractivity contribution is 6.30. The number of rotatable bonds is 8. The molecule has 1 amide bonds. The lowest BCUT2D eigenvalue weighted by atomic mass is 10.1. The number of halogens is 1. The van der Waals surface area contributed by atoms with Crippen LogP contribution in [0.4, 0.5) is 22.7 Å². The van der Waals surface area contributed by atoms with E-state index >= 15 is 0 Å². The molecule has 0 heterocycles. The van der Waals surface area contributed by atoms with E-state index in [-0.39, 0.29) is 33.5 Å². The van der Waals surface area contributed by atoms with Crippen molar-refractivity contribution in [2.24, 2.45) is 0 Å². The van der Waals surface area contributed by atoms with Gasteiger partial charge in [0.2, 0.25) is 5.75 Å². The molecule has 0 bridgehead atoms. The van der Waals surface area contributed by atoms with Crippen LogP contribution in [0, 0.1) is 41.7 Å². The summed E-state index contributed by atoms with van der Waals surface area (Å²) in [4.78, 5) is 43.6. The van der Waals surface area contributed by atoms with Crippen LogP contribution in [0.15, 0.2) is 66.2 Å². The van der Waals surface area contributed by atoms with Crippen LogP contribution in [0.25, 0.3) is 6.08 Å². The van der Waals surface area contributed by atoms with Crippen LogP contribution in [0.1, 0.15) is 5.56 Å². The molecule has 1 N–H and O–H groups in total. The summed E-state index contributed by atoms with van der Waals surface area (Å²) in [6, 6.07) is 13.6. The Labute approximate surface area is 206 Å². The first-order valence-corrected chi connectivity index (χ1v) is 10.0. The third-order valence-electron chi connectivity index (χ3n) is 4.52. The molecule has 0 fully saturated rings. The van der Waals surface area contributed by atoms with Gasteiger partial charge in [-0.25, -0.2) is 0 Å². The summed E-state index contributed by atoms with van der Waals surface area (Å²) in [6.07, 6.45) is 1.10. The van der Waals surface area contributed by atoms with Gasteiger partial charge in [-0.05, 0) is 36.4 Å². The summed E-state index contributed by atoms with van der Waals surface area (Å²) in [5, 5.41) is 45.4. The number of nitro groups is 3. The minimum atomic E-state index is -0.898. The van der Waals surface area contributed by atoms with E-state index in [1.54, 1.807) is 6.07 Å². The van der Waals surface area contributed by atoms with E-state index in [0.29, 0.717) is 0 Å². The molecule has 0 saturated heterocycles. The van der Waals surface area contributed by atoms with E-state index in [2.05, 4.69) is 5.32 Å². The monoisotopic (exact) mass is 509 g/mol. The van der Waals surface area contributed by atoms with Gasteiger partial charge in [-0.1, -0.05) is 17.7 Å². The molecular weight excluding hydrogens is 498 g/mol. The first-order valence-electron chi connectivity index (χ1n) is 9.67. The molecule has 0 aromatic heterocycles. The van der Waals surface area contributed by atoms with Gasteiger partial charge in [0.1, 0.15) is 17.4 Å². The van der Waals surface area contributed by atoms with Crippen LogP contribution < -0.4 is 10.1 Å². The molecule has 0 aliphatic carbocycles. The summed E-state index contributed by atoms with van der Waals surface area (Å²) >= 11 is 6.02. The predicted octanol–water partition coefficient (Wildman–Crippen LogP) is 5.40. The van der Waals surface area contributed by atoms with Gasteiger partial charge >= 0.3 is 5.69 Å². The number of nitro benzene ring substituents is 3. The zero-order valence-corrected chi connectivity index (χ0v) is 18.5. The minimum absolute atomic E-state index is 0.0488. The van der Waals surface area contributed by atoms with Crippen LogP contribution in [-0.4, -0.2) is 20.7 Å². The Morgan fingerprint density at radius 3 is 2.22 bits per heavy atom. The molecule has 3 aromatic carbocycles. The second-order valence-electron chi connectivity index (χ2n) is 6.88. The molecule has 13 nitrogen and oxygen atoms in total. The van der Waals surface area contributed by atoms with Crippen LogP contribution in [0.3, 0.4) is 0 Å². The number of nitrogens with zero attached hydrogens (tertiary/aromatic N) is 4. The number of amides is 1. The van der Waals surface area contributed by atoms with Crippen LogP contribution in [0.5, 0.6) is 11.5 Å². The first kappa shape index (κ1) is 25.3. The topological polar surface area (TPSA) is 192 Å². The number of nitrogens with one attached hydrogen (secondary N) is 1. The SMILES string of the molecule is N#C/C(=C\c1cc(Cl)ccc1Oc1ccc([N+](=O)[O-])cc1[N+](=O)[O-])C(=O)Nc1cccc([N+](=O)[O-])c1. The lowest BCUT2D eigenvalue weighted by Crippen LogP contribution is -2.13.